The molecule has 0 aromatic carbocycles. The number of hydrogen-bond acceptors (Lipinski definition) is 4. The Morgan fingerprint density at radius 1 is 1.30 bits per heavy atom. The van der Waals surface area contributed by atoms with Crippen LogP contribution in [0.4, 0.5) is 4.79 Å². The number of rotatable bonds is 6. The molecule has 0 fully saturated rings. The first-order chi connectivity index (χ1) is 9.29. The molecule has 0 aliphatic carbocycles. The maximum absolute atomic E-state index is 11.8. The van der Waals surface area contributed by atoms with Gasteiger partial charge in [0.05, 0.1) is 5.69 Å². The van der Waals surface area contributed by atoms with E-state index >= 15 is 0 Å². The van der Waals surface area contributed by atoms with Crippen LogP contribution < -0.4 is 5.32 Å². The summed E-state index contributed by atoms with van der Waals surface area (Å²) < 4.78 is 1.59. The van der Waals surface area contributed by atoms with Crippen molar-refractivity contribution in [3.63, 3.8) is 0 Å². The van der Waals surface area contributed by atoms with E-state index in [4.69, 9.17) is 10.2 Å². The van der Waals surface area contributed by atoms with Gasteiger partial charge in [0.25, 0.3) is 0 Å². The molecule has 1 rings (SSSR count). The van der Waals surface area contributed by atoms with E-state index in [2.05, 4.69) is 10.4 Å². The highest BCUT2D eigenvalue weighted by Gasteiger charge is 2.19. The van der Waals surface area contributed by atoms with Crippen LogP contribution in [0.15, 0.2) is 6.20 Å². The van der Waals surface area contributed by atoms with Crippen LogP contribution in [0, 0.1) is 6.92 Å². The molecule has 0 unspecified atom stereocenters. The third kappa shape index (κ3) is 4.59. The van der Waals surface area contributed by atoms with Gasteiger partial charge in [-0.3, -0.25) is 14.3 Å². The molecule has 0 spiro atoms. The summed E-state index contributed by atoms with van der Waals surface area (Å²) >= 11 is 0. The van der Waals surface area contributed by atoms with Gasteiger partial charge in [-0.15, -0.1) is 0 Å². The Morgan fingerprint density at radius 2 is 1.85 bits per heavy atom. The Bertz CT molecular complexity index is 509. The van der Waals surface area contributed by atoms with Gasteiger partial charge in [-0.25, -0.2) is 4.79 Å². The van der Waals surface area contributed by atoms with E-state index in [1.165, 1.54) is 0 Å². The normalized spacial score (nSPS) is 10.1. The molecule has 2 amide bonds. The highest BCUT2D eigenvalue weighted by Crippen LogP contribution is 2.04. The number of urea groups is 1. The highest BCUT2D eigenvalue weighted by atomic mass is 16.4. The van der Waals surface area contributed by atoms with Crippen LogP contribution in [0.1, 0.15) is 11.3 Å². The molecule has 0 atom stereocenters. The molecule has 0 aliphatic rings. The molecule has 9 heteroatoms. The minimum atomic E-state index is -1.28. The molecule has 9 nitrogen and oxygen atoms in total. The number of carbonyl (C=O) groups is 3. The molecule has 0 aliphatic heterocycles. The van der Waals surface area contributed by atoms with E-state index in [0.29, 0.717) is 4.90 Å². The first-order valence-corrected chi connectivity index (χ1v) is 5.75. The standard InChI is InChI=1S/C11H16N4O5/c1-7-8(4-14(2)13-7)3-12-11(20)15(5-9(16)17)6-10(18)19/h4H,3,5-6H2,1-2H3,(H,12,20)(H,16,17)(H,18,19). The number of carboxylic acids is 2. The number of hydrogen-bond donors (Lipinski definition) is 3. The number of nitrogens with zero attached hydrogens (tertiary/aromatic N) is 3. The van der Waals surface area contributed by atoms with E-state index in [1.54, 1.807) is 24.9 Å². The molecule has 1 aromatic rings. The van der Waals surface area contributed by atoms with Crippen LogP contribution in [0.25, 0.3) is 0 Å². The lowest BCUT2D eigenvalue weighted by molar-refractivity contribution is -0.140. The fraction of sp³-hybridized carbons (Fsp3) is 0.455. The zero-order valence-corrected chi connectivity index (χ0v) is 11.2. The molecule has 20 heavy (non-hydrogen) atoms. The monoisotopic (exact) mass is 284 g/mol. The van der Waals surface area contributed by atoms with Crippen molar-refractivity contribution in [2.45, 2.75) is 13.5 Å². The molecule has 0 radical (unpaired) electrons. The summed E-state index contributed by atoms with van der Waals surface area (Å²) in [7, 11) is 1.74. The third-order valence-corrected chi connectivity index (χ3v) is 2.48. The molecule has 3 N–H and O–H groups in total. The third-order valence-electron chi connectivity index (χ3n) is 2.48. The Hall–Kier alpha value is -2.58. The summed E-state index contributed by atoms with van der Waals surface area (Å²) in [5, 5.41) is 23.9. The van der Waals surface area contributed by atoms with E-state index in [1.807, 2.05) is 0 Å². The molecule has 0 saturated heterocycles. The number of aryl methyl sites for hydroxylation is 2. The van der Waals surface area contributed by atoms with Gasteiger partial charge >= 0.3 is 18.0 Å². The Balaban J connectivity index is 2.63. The number of carbonyl (C=O) groups excluding carboxylic acids is 1. The van der Waals surface area contributed by atoms with Gasteiger partial charge in [0.15, 0.2) is 0 Å². The van der Waals surface area contributed by atoms with Gasteiger partial charge in [0.2, 0.25) is 0 Å². The van der Waals surface area contributed by atoms with E-state index in [0.717, 1.165) is 11.3 Å². The summed E-state index contributed by atoms with van der Waals surface area (Å²) in [5.41, 5.74) is 1.50. The van der Waals surface area contributed by atoms with Crippen molar-refractivity contribution in [3.8, 4) is 0 Å². The minimum absolute atomic E-state index is 0.147. The number of nitrogens with one attached hydrogen (secondary N) is 1. The molecule has 0 bridgehead atoms. The molecular formula is C11H16N4O5. The second-order valence-electron chi connectivity index (χ2n) is 4.22. The van der Waals surface area contributed by atoms with Crippen molar-refractivity contribution < 1.29 is 24.6 Å². The summed E-state index contributed by atoms with van der Waals surface area (Å²) in [6.45, 7) is 0.566. The van der Waals surface area contributed by atoms with E-state index in [-0.39, 0.29) is 6.54 Å². The van der Waals surface area contributed by atoms with Gasteiger partial charge in [-0.2, -0.15) is 5.10 Å². The van der Waals surface area contributed by atoms with Crippen LogP contribution in [-0.4, -0.2) is 56.0 Å². The van der Waals surface area contributed by atoms with Crippen LogP contribution in [0.3, 0.4) is 0 Å². The number of carboxylic acid groups (broad SMARTS) is 2. The quantitative estimate of drug-likeness (QED) is 0.641. The molecule has 0 saturated carbocycles. The lowest BCUT2D eigenvalue weighted by Gasteiger charge is -2.18. The summed E-state index contributed by atoms with van der Waals surface area (Å²) in [5.74, 6) is -2.56. The Labute approximate surface area is 114 Å². The molecule has 1 heterocycles. The SMILES string of the molecule is Cc1nn(C)cc1CNC(=O)N(CC(=O)O)CC(=O)O. The smallest absolute Gasteiger partial charge is 0.323 e. The molecular weight excluding hydrogens is 268 g/mol. The highest BCUT2D eigenvalue weighted by molar-refractivity contribution is 5.84. The van der Waals surface area contributed by atoms with Crippen LogP contribution >= 0.6 is 0 Å². The fourth-order valence-corrected chi connectivity index (χ4v) is 1.63. The van der Waals surface area contributed by atoms with Crippen molar-refractivity contribution in [3.05, 3.63) is 17.5 Å². The Kier molecular flexibility index (Phi) is 5.07. The summed E-state index contributed by atoms with van der Waals surface area (Å²) in [6, 6.07) is -0.752. The van der Waals surface area contributed by atoms with Crippen LogP contribution in [0.2, 0.25) is 0 Å². The van der Waals surface area contributed by atoms with Crippen molar-refractivity contribution in [2.24, 2.45) is 7.05 Å². The van der Waals surface area contributed by atoms with Crippen LogP contribution in [-0.2, 0) is 23.2 Å². The average molecular weight is 284 g/mol. The number of aliphatic carboxylic acids is 2. The second-order valence-corrected chi connectivity index (χ2v) is 4.22. The van der Waals surface area contributed by atoms with Gasteiger partial charge in [-0.1, -0.05) is 0 Å². The zero-order chi connectivity index (χ0) is 15.3. The van der Waals surface area contributed by atoms with Crippen molar-refractivity contribution >= 4 is 18.0 Å². The predicted molar refractivity (Wildman–Crippen MR) is 67.0 cm³/mol. The van der Waals surface area contributed by atoms with E-state index < -0.39 is 31.1 Å². The topological polar surface area (TPSA) is 125 Å². The van der Waals surface area contributed by atoms with E-state index in [9.17, 15) is 14.4 Å². The zero-order valence-electron chi connectivity index (χ0n) is 11.2. The maximum Gasteiger partial charge on any atom is 0.323 e. The largest absolute Gasteiger partial charge is 0.480 e. The predicted octanol–water partition coefficient (Wildman–Crippen LogP) is -0.591. The Morgan fingerprint density at radius 3 is 2.25 bits per heavy atom. The summed E-state index contributed by atoms with van der Waals surface area (Å²) in [6.07, 6.45) is 1.72. The molecule has 110 valence electrons. The lowest BCUT2D eigenvalue weighted by Crippen LogP contribution is -2.45. The summed E-state index contributed by atoms with van der Waals surface area (Å²) in [4.78, 5) is 33.7. The second kappa shape index (κ2) is 6.55. The maximum atomic E-state index is 11.8. The lowest BCUT2D eigenvalue weighted by atomic mass is 10.3. The first-order valence-electron chi connectivity index (χ1n) is 5.75. The number of amides is 2. The van der Waals surface area contributed by atoms with Gasteiger partial charge in [0, 0.05) is 25.4 Å². The molecule has 1 aromatic heterocycles. The van der Waals surface area contributed by atoms with Crippen molar-refractivity contribution in [1.29, 1.82) is 0 Å². The fourth-order valence-electron chi connectivity index (χ4n) is 1.63. The average Bonchev–Trinajstić information content (AvgIpc) is 2.62. The van der Waals surface area contributed by atoms with Gasteiger partial charge in [0.1, 0.15) is 13.1 Å². The number of aromatic nitrogens is 2. The van der Waals surface area contributed by atoms with Crippen molar-refractivity contribution in [2.75, 3.05) is 13.1 Å². The van der Waals surface area contributed by atoms with Gasteiger partial charge < -0.3 is 20.4 Å². The minimum Gasteiger partial charge on any atom is -0.480 e. The first kappa shape index (κ1) is 15.5. The van der Waals surface area contributed by atoms with Crippen LogP contribution in [0.5, 0.6) is 0 Å². The van der Waals surface area contributed by atoms with Gasteiger partial charge in [-0.05, 0) is 6.92 Å². The van der Waals surface area contributed by atoms with Crippen molar-refractivity contribution in [1.82, 2.24) is 20.0 Å².